The van der Waals surface area contributed by atoms with E-state index in [1.54, 1.807) is 0 Å². The minimum Gasteiger partial charge on any atom is -0.311 e. The van der Waals surface area contributed by atoms with Gasteiger partial charge in [0, 0.05) is 30.6 Å². The Bertz CT molecular complexity index is 753. The minimum absolute atomic E-state index is 0. The highest BCUT2D eigenvalue weighted by molar-refractivity contribution is 7.90. The molecule has 23 heavy (non-hydrogen) atoms. The van der Waals surface area contributed by atoms with Gasteiger partial charge < -0.3 is 5.32 Å². The van der Waals surface area contributed by atoms with Gasteiger partial charge in [-0.1, -0.05) is 0 Å². The minimum atomic E-state index is -3.68. The molecule has 2 atom stereocenters. The van der Waals surface area contributed by atoms with Crippen molar-refractivity contribution in [2.45, 2.75) is 53.7 Å². The molecule has 0 amide bonds. The molecule has 0 saturated carbocycles. The molecule has 0 radical (unpaired) electrons. The predicted molar refractivity (Wildman–Crippen MR) is 87.9 cm³/mol. The van der Waals surface area contributed by atoms with Crippen molar-refractivity contribution in [2.75, 3.05) is 6.26 Å². The lowest BCUT2D eigenvalue weighted by Crippen LogP contribution is -2.47. The number of rotatable bonds is 4. The number of piperidine rings is 1. The molecule has 2 aliphatic heterocycles. The number of aromatic nitrogens is 1. The summed E-state index contributed by atoms with van der Waals surface area (Å²) in [6.07, 6.45) is 5.87. The van der Waals surface area contributed by atoms with Crippen LogP contribution in [0.25, 0.3) is 0 Å². The Balaban J connectivity index is 0.00000192. The van der Waals surface area contributed by atoms with Crippen molar-refractivity contribution >= 4 is 32.3 Å². The maximum Gasteiger partial charge on any atom is 0.242 e. The quantitative estimate of drug-likeness (QED) is 0.785. The average molecular weight is 382 g/mol. The monoisotopic (exact) mass is 381 g/mol. The van der Waals surface area contributed by atoms with Crippen LogP contribution in [-0.2, 0) is 19.9 Å². The molecule has 3 rings (SSSR count). The summed E-state index contributed by atoms with van der Waals surface area (Å²) in [5.74, 6) is 0. The van der Waals surface area contributed by atoms with Crippen molar-refractivity contribution in [3.8, 4) is 0 Å². The van der Waals surface area contributed by atoms with E-state index in [0.717, 1.165) is 38.1 Å². The fourth-order valence-corrected chi connectivity index (χ4v) is 4.95. The van der Waals surface area contributed by atoms with Crippen LogP contribution in [0.2, 0.25) is 0 Å². The van der Waals surface area contributed by atoms with Gasteiger partial charge in [0.05, 0.1) is 0 Å². The largest absolute Gasteiger partial charge is 0.311 e. The summed E-state index contributed by atoms with van der Waals surface area (Å²) < 4.78 is 50.2. The van der Waals surface area contributed by atoms with Crippen molar-refractivity contribution in [1.82, 2.24) is 15.0 Å². The molecule has 0 aliphatic carbocycles. The van der Waals surface area contributed by atoms with Gasteiger partial charge in [0.1, 0.15) is 4.90 Å². The van der Waals surface area contributed by atoms with Gasteiger partial charge in [-0.05, 0) is 37.8 Å². The Hall–Kier alpha value is -0.740. The summed E-state index contributed by atoms with van der Waals surface area (Å²) in [5, 5.41) is 3.32. The second-order valence-electron chi connectivity index (χ2n) is 6.03. The number of sulfonamides is 1. The maximum atomic E-state index is 12.4. The van der Waals surface area contributed by atoms with Crippen molar-refractivity contribution in [2.24, 2.45) is 0 Å². The van der Waals surface area contributed by atoms with E-state index >= 15 is 0 Å². The van der Waals surface area contributed by atoms with Crippen LogP contribution >= 0.6 is 12.4 Å². The van der Waals surface area contributed by atoms with Crippen LogP contribution in [0.1, 0.15) is 25.7 Å². The van der Waals surface area contributed by atoms with E-state index in [-0.39, 0.29) is 28.4 Å². The lowest BCUT2D eigenvalue weighted by atomic mass is 10.0. The molecular formula is C13H20ClN3O4S2. The number of halogens is 1. The summed E-state index contributed by atoms with van der Waals surface area (Å²) in [5.41, 5.74) is 0. The number of sulfone groups is 1. The van der Waals surface area contributed by atoms with E-state index in [4.69, 9.17) is 0 Å². The number of hydrogen-bond acceptors (Lipinski definition) is 6. The Morgan fingerprint density at radius 3 is 2.22 bits per heavy atom. The van der Waals surface area contributed by atoms with Gasteiger partial charge in [-0.2, -0.15) is 0 Å². The number of nitrogens with one attached hydrogen (secondary N) is 2. The molecular weight excluding hydrogens is 362 g/mol. The molecule has 10 heteroatoms. The standard InChI is InChI=1S/C13H19N3O4S2.ClH/c1-21(17,18)13-5-4-12(8-14-13)22(19,20)16-11-6-9-2-3-10(7-11)15-9;/h4-5,8-11,15-16H,2-3,6-7H2,1H3;1H. The summed E-state index contributed by atoms with van der Waals surface area (Å²) in [4.78, 5) is 3.72. The average Bonchev–Trinajstić information content (AvgIpc) is 2.77. The summed E-state index contributed by atoms with van der Waals surface area (Å²) >= 11 is 0. The van der Waals surface area contributed by atoms with E-state index < -0.39 is 19.9 Å². The first-order chi connectivity index (χ1) is 10.2. The van der Waals surface area contributed by atoms with Gasteiger partial charge in [-0.15, -0.1) is 12.4 Å². The van der Waals surface area contributed by atoms with Crippen molar-refractivity contribution < 1.29 is 16.8 Å². The predicted octanol–water partition coefficient (Wildman–Crippen LogP) is 0.468. The first-order valence-electron chi connectivity index (χ1n) is 7.18. The van der Waals surface area contributed by atoms with Gasteiger partial charge in [-0.25, -0.2) is 26.5 Å². The molecule has 0 aromatic carbocycles. The first-order valence-corrected chi connectivity index (χ1v) is 10.6. The molecule has 2 bridgehead atoms. The van der Waals surface area contributed by atoms with Crippen LogP contribution in [0.15, 0.2) is 28.3 Å². The highest BCUT2D eigenvalue weighted by atomic mass is 35.5. The Kier molecular flexibility index (Phi) is 5.37. The molecule has 1 aromatic heterocycles. The highest BCUT2D eigenvalue weighted by Gasteiger charge is 2.35. The SMILES string of the molecule is CS(=O)(=O)c1ccc(S(=O)(=O)NC2CC3CCC(C2)N3)cn1.Cl. The summed E-state index contributed by atoms with van der Waals surface area (Å²) in [7, 11) is -7.11. The lowest BCUT2D eigenvalue weighted by molar-refractivity contribution is 0.345. The molecule has 2 N–H and O–H groups in total. The fraction of sp³-hybridized carbons (Fsp3) is 0.615. The van der Waals surface area contributed by atoms with Gasteiger partial charge >= 0.3 is 0 Å². The fourth-order valence-electron chi connectivity index (χ4n) is 3.19. The van der Waals surface area contributed by atoms with Crippen molar-refractivity contribution in [3.63, 3.8) is 0 Å². The third-order valence-electron chi connectivity index (χ3n) is 4.19. The van der Waals surface area contributed by atoms with E-state index in [9.17, 15) is 16.8 Å². The van der Waals surface area contributed by atoms with E-state index in [1.165, 1.54) is 12.1 Å². The molecule has 2 unspecified atom stereocenters. The zero-order valence-corrected chi connectivity index (χ0v) is 15.0. The summed E-state index contributed by atoms with van der Waals surface area (Å²) in [6, 6.07) is 3.19. The zero-order chi connectivity index (χ0) is 16.0. The Morgan fingerprint density at radius 2 is 1.74 bits per heavy atom. The van der Waals surface area contributed by atoms with Crippen LogP contribution in [0.5, 0.6) is 0 Å². The van der Waals surface area contributed by atoms with Crippen LogP contribution in [0.3, 0.4) is 0 Å². The van der Waals surface area contributed by atoms with E-state index in [0.29, 0.717) is 12.1 Å². The zero-order valence-electron chi connectivity index (χ0n) is 12.6. The van der Waals surface area contributed by atoms with Crippen molar-refractivity contribution in [3.05, 3.63) is 18.3 Å². The van der Waals surface area contributed by atoms with Crippen LogP contribution in [0.4, 0.5) is 0 Å². The summed E-state index contributed by atoms with van der Waals surface area (Å²) in [6.45, 7) is 0. The molecule has 130 valence electrons. The highest BCUT2D eigenvalue weighted by Crippen LogP contribution is 2.27. The van der Waals surface area contributed by atoms with Gasteiger partial charge in [0.15, 0.2) is 14.9 Å². The topological polar surface area (TPSA) is 105 Å². The van der Waals surface area contributed by atoms with Crippen LogP contribution < -0.4 is 10.0 Å². The van der Waals surface area contributed by atoms with Gasteiger partial charge in [0.2, 0.25) is 10.0 Å². The number of hydrogen-bond donors (Lipinski definition) is 2. The number of pyridine rings is 1. The van der Waals surface area contributed by atoms with Crippen LogP contribution in [-0.4, -0.2) is 46.2 Å². The Labute approximate surface area is 142 Å². The first kappa shape index (κ1) is 18.6. The second kappa shape index (κ2) is 6.64. The molecule has 2 fully saturated rings. The van der Waals surface area contributed by atoms with Gasteiger partial charge in [0.25, 0.3) is 0 Å². The Morgan fingerprint density at radius 1 is 1.13 bits per heavy atom. The smallest absolute Gasteiger partial charge is 0.242 e. The number of nitrogens with zero attached hydrogens (tertiary/aromatic N) is 1. The molecule has 2 saturated heterocycles. The molecule has 3 heterocycles. The van der Waals surface area contributed by atoms with Gasteiger partial charge in [-0.3, -0.25) is 0 Å². The molecule has 2 aliphatic rings. The van der Waals surface area contributed by atoms with E-state index in [2.05, 4.69) is 15.0 Å². The molecule has 0 spiro atoms. The van der Waals surface area contributed by atoms with Crippen molar-refractivity contribution in [1.29, 1.82) is 0 Å². The third-order valence-corrected chi connectivity index (χ3v) is 6.70. The molecule has 1 aromatic rings. The maximum absolute atomic E-state index is 12.4. The molecule has 7 nitrogen and oxygen atoms in total. The van der Waals surface area contributed by atoms with E-state index in [1.807, 2.05) is 0 Å². The van der Waals surface area contributed by atoms with Crippen LogP contribution in [0, 0.1) is 0 Å². The number of fused-ring (bicyclic) bond motifs is 2. The normalized spacial score (nSPS) is 27.4. The third kappa shape index (κ3) is 4.21. The second-order valence-corrected chi connectivity index (χ2v) is 9.71. The lowest BCUT2D eigenvalue weighted by Gasteiger charge is -2.29.